The summed E-state index contributed by atoms with van der Waals surface area (Å²) in [6.07, 6.45) is 3.89. The summed E-state index contributed by atoms with van der Waals surface area (Å²) in [4.78, 5) is -0.146. The van der Waals surface area contributed by atoms with E-state index in [9.17, 15) is 8.42 Å². The predicted molar refractivity (Wildman–Crippen MR) is 143 cm³/mol. The second kappa shape index (κ2) is 11.6. The minimum Gasteiger partial charge on any atom is -0.354 e. The highest BCUT2D eigenvalue weighted by Crippen LogP contribution is 2.40. The van der Waals surface area contributed by atoms with Crippen molar-refractivity contribution in [2.45, 2.75) is 64.8 Å². The number of hydrogen-bond donors (Lipinski definition) is 3. The third kappa shape index (κ3) is 6.78. The van der Waals surface area contributed by atoms with Gasteiger partial charge in [0.25, 0.3) is 21.8 Å². The van der Waals surface area contributed by atoms with Crippen molar-refractivity contribution in [1.82, 2.24) is 9.78 Å². The quantitative estimate of drug-likeness (QED) is 0.227. The summed E-state index contributed by atoms with van der Waals surface area (Å²) in [6.45, 7) is 11.0. The zero-order valence-electron chi connectivity index (χ0n) is 21.5. The lowest BCUT2D eigenvalue weighted by Gasteiger charge is -2.34. The molecule has 0 bridgehead atoms. The van der Waals surface area contributed by atoms with Crippen LogP contribution in [0.5, 0.6) is 0 Å². The van der Waals surface area contributed by atoms with Crippen LogP contribution in [0.15, 0.2) is 53.4 Å². The van der Waals surface area contributed by atoms with Crippen molar-refractivity contribution in [2.24, 2.45) is 17.8 Å². The van der Waals surface area contributed by atoms with Crippen molar-refractivity contribution in [3.63, 3.8) is 0 Å². The van der Waals surface area contributed by atoms with Gasteiger partial charge in [0.2, 0.25) is 0 Å². The molecular weight excluding hydrogens is 498 g/mol. The molecule has 0 radical (unpaired) electrons. The molecule has 8 nitrogen and oxygen atoms in total. The normalized spacial score (nSPS) is 20.1. The first kappa shape index (κ1) is 28.0. The van der Waals surface area contributed by atoms with Crippen LogP contribution in [0.3, 0.4) is 0 Å². The molecule has 36 heavy (non-hydrogen) atoms. The molecule has 1 aromatic heterocycles. The van der Waals surface area contributed by atoms with Gasteiger partial charge in [-0.1, -0.05) is 50.9 Å². The summed E-state index contributed by atoms with van der Waals surface area (Å²) >= 11 is 5.98. The van der Waals surface area contributed by atoms with Crippen LogP contribution in [0, 0.1) is 31.6 Å². The highest BCUT2D eigenvalue weighted by Gasteiger charge is 2.38. The maximum Gasteiger partial charge on any atom is 0.295 e. The van der Waals surface area contributed by atoms with Gasteiger partial charge in [-0.3, -0.25) is 10.4 Å². The zero-order valence-corrected chi connectivity index (χ0v) is 23.1. The van der Waals surface area contributed by atoms with E-state index in [1.807, 2.05) is 19.1 Å². The Kier molecular flexibility index (Phi) is 9.03. The Morgan fingerprint density at radius 1 is 1.14 bits per heavy atom. The van der Waals surface area contributed by atoms with Gasteiger partial charge in [-0.25, -0.2) is 0 Å². The standard InChI is InChI=1S/C14H27N4.C12H10ClNO3S/c1-9(2)13-7-6-10(3)8-14(13)18-12(5)17(15)11(4)16-18;13-11-3-1-2-4-12(11)14-9-5-7-10(8-6-9)18(15,16)17/h9-10,13-14H,6-8,15H2,1-5H3;1-8,14H,(H,15,16,17)/q+1;. The predicted octanol–water partition coefficient (Wildman–Crippen LogP) is 5.46. The van der Waals surface area contributed by atoms with Crippen molar-refractivity contribution in [3.05, 3.63) is 65.2 Å². The molecule has 10 heteroatoms. The number of anilines is 2. The SMILES string of the molecule is Cc1nn(C2CC(C)CCC2C(C)C)c(C)[n+]1N.O=S(=O)(O)c1ccc(Nc2ccccc2Cl)cc1. The van der Waals surface area contributed by atoms with Crippen molar-refractivity contribution in [3.8, 4) is 0 Å². The molecule has 196 valence electrons. The van der Waals surface area contributed by atoms with E-state index >= 15 is 0 Å². The molecule has 0 amide bonds. The first-order chi connectivity index (χ1) is 16.9. The summed E-state index contributed by atoms with van der Waals surface area (Å²) in [5, 5.41) is 8.26. The maximum absolute atomic E-state index is 10.9. The third-order valence-corrected chi connectivity index (χ3v) is 8.09. The molecule has 1 saturated carbocycles. The van der Waals surface area contributed by atoms with Crippen molar-refractivity contribution >= 4 is 33.1 Å². The number of aromatic nitrogens is 3. The molecule has 0 aliphatic heterocycles. The molecule has 0 spiro atoms. The largest absolute Gasteiger partial charge is 0.354 e. The maximum atomic E-state index is 10.9. The van der Waals surface area contributed by atoms with E-state index < -0.39 is 10.1 Å². The minimum absolute atomic E-state index is 0.146. The smallest absolute Gasteiger partial charge is 0.295 e. The van der Waals surface area contributed by atoms with E-state index in [-0.39, 0.29) is 4.90 Å². The lowest BCUT2D eigenvalue weighted by atomic mass is 9.74. The van der Waals surface area contributed by atoms with Gasteiger partial charge in [0.15, 0.2) is 0 Å². The van der Waals surface area contributed by atoms with E-state index in [2.05, 4.69) is 42.8 Å². The average Bonchev–Trinajstić information content (AvgIpc) is 3.08. The van der Waals surface area contributed by atoms with Crippen LogP contribution in [-0.4, -0.2) is 22.8 Å². The van der Waals surface area contributed by atoms with E-state index in [1.54, 1.807) is 28.9 Å². The number of nitrogen functional groups attached to an aromatic ring is 1. The third-order valence-electron chi connectivity index (χ3n) is 6.89. The van der Waals surface area contributed by atoms with Gasteiger partial charge < -0.3 is 5.32 Å². The fourth-order valence-electron chi connectivity index (χ4n) is 4.80. The van der Waals surface area contributed by atoms with Crippen LogP contribution >= 0.6 is 11.6 Å². The molecule has 1 heterocycles. The Labute approximate surface area is 219 Å². The highest BCUT2D eigenvalue weighted by molar-refractivity contribution is 7.85. The fraction of sp³-hybridized carbons (Fsp3) is 0.462. The van der Waals surface area contributed by atoms with E-state index in [0.29, 0.717) is 22.7 Å². The van der Waals surface area contributed by atoms with Crippen molar-refractivity contribution in [1.29, 1.82) is 0 Å². The molecule has 1 aliphatic rings. The summed E-state index contributed by atoms with van der Waals surface area (Å²) in [6, 6.07) is 13.4. The first-order valence-corrected chi connectivity index (χ1v) is 14.0. The first-order valence-electron chi connectivity index (χ1n) is 12.2. The van der Waals surface area contributed by atoms with Crippen LogP contribution < -0.4 is 15.8 Å². The molecule has 3 atom stereocenters. The number of aryl methyl sites for hydroxylation is 1. The van der Waals surface area contributed by atoms with Crippen LogP contribution in [0.1, 0.15) is 57.7 Å². The molecule has 1 aliphatic carbocycles. The Morgan fingerprint density at radius 2 is 1.78 bits per heavy atom. The Morgan fingerprint density at radius 3 is 2.31 bits per heavy atom. The zero-order chi connectivity index (χ0) is 26.6. The monoisotopic (exact) mass is 534 g/mol. The number of nitrogens with zero attached hydrogens (tertiary/aromatic N) is 3. The second-order valence-corrected chi connectivity index (χ2v) is 11.7. The summed E-state index contributed by atoms with van der Waals surface area (Å²) in [5.74, 6) is 10.2. The Bertz CT molecular complexity index is 1280. The van der Waals surface area contributed by atoms with Gasteiger partial charge in [0.1, 0.15) is 6.04 Å². The van der Waals surface area contributed by atoms with Gasteiger partial charge in [-0.05, 0) is 67.0 Å². The van der Waals surface area contributed by atoms with E-state index in [0.717, 1.165) is 29.2 Å². The number of benzene rings is 2. The van der Waals surface area contributed by atoms with E-state index in [1.165, 1.54) is 31.4 Å². The summed E-state index contributed by atoms with van der Waals surface area (Å²) < 4.78 is 34.5. The molecule has 4 N–H and O–H groups in total. The van der Waals surface area contributed by atoms with E-state index in [4.69, 9.17) is 22.0 Å². The number of nitrogens with two attached hydrogens (primary N) is 1. The van der Waals surface area contributed by atoms with Crippen LogP contribution in [0.2, 0.25) is 5.02 Å². The minimum atomic E-state index is -4.15. The molecule has 1 fully saturated rings. The number of nitrogens with one attached hydrogen (secondary N) is 1. The van der Waals surface area contributed by atoms with Gasteiger partial charge in [-0.2, -0.15) is 8.42 Å². The summed E-state index contributed by atoms with van der Waals surface area (Å²) in [5.41, 5.74) is 1.40. The summed E-state index contributed by atoms with van der Waals surface area (Å²) in [7, 11) is -4.15. The Balaban J connectivity index is 0.000000201. The average molecular weight is 535 g/mol. The van der Waals surface area contributed by atoms with Gasteiger partial charge in [0.05, 0.1) is 15.6 Å². The van der Waals surface area contributed by atoms with Crippen molar-refractivity contribution < 1.29 is 17.6 Å². The lowest BCUT2D eigenvalue weighted by molar-refractivity contribution is -0.652. The fourth-order valence-corrected chi connectivity index (χ4v) is 5.46. The Hall–Kier alpha value is -2.62. The topological polar surface area (TPSA) is 114 Å². The molecule has 3 unspecified atom stereocenters. The van der Waals surface area contributed by atoms with Crippen LogP contribution in [0.25, 0.3) is 0 Å². The number of rotatable bonds is 5. The number of para-hydroxylation sites is 1. The van der Waals surface area contributed by atoms with Crippen LogP contribution in [0.4, 0.5) is 11.4 Å². The molecule has 0 saturated heterocycles. The lowest BCUT2D eigenvalue weighted by Crippen LogP contribution is -2.49. The van der Waals surface area contributed by atoms with Crippen LogP contribution in [-0.2, 0) is 10.1 Å². The number of halogens is 1. The highest BCUT2D eigenvalue weighted by atomic mass is 35.5. The molecule has 4 rings (SSSR count). The second-order valence-electron chi connectivity index (χ2n) is 9.91. The van der Waals surface area contributed by atoms with Gasteiger partial charge >= 0.3 is 0 Å². The van der Waals surface area contributed by atoms with Gasteiger partial charge in [-0.15, -0.1) is 9.36 Å². The van der Waals surface area contributed by atoms with Gasteiger partial charge in [0, 0.05) is 24.6 Å². The number of hydrogen-bond acceptors (Lipinski definition) is 5. The molecule has 3 aromatic rings. The molecule has 2 aromatic carbocycles. The molecular formula is C26H37ClN5O3S+. The van der Waals surface area contributed by atoms with Crippen molar-refractivity contribution in [2.75, 3.05) is 11.2 Å².